The lowest BCUT2D eigenvalue weighted by Gasteiger charge is -2.09. The molecule has 0 radical (unpaired) electrons. The predicted molar refractivity (Wildman–Crippen MR) is 80.1 cm³/mol. The minimum Gasteiger partial charge on any atom is -0.399 e. The Hall–Kier alpha value is -1.56. The van der Waals surface area contributed by atoms with Gasteiger partial charge in [0.25, 0.3) is 0 Å². The first-order valence-electron chi connectivity index (χ1n) is 7.05. The molecule has 1 aromatic carbocycles. The third-order valence-electron chi connectivity index (χ3n) is 3.75. The standard InChI is InChI=1S/C15H17F2N3S/c16-13-7-10(18)8-14(17)15(13)21-9-11-5-6-20(19-11)12-3-1-2-4-12/h5-8,12H,1-4,9,18H2. The molecule has 3 rings (SSSR count). The molecule has 1 aliphatic carbocycles. The molecule has 0 bridgehead atoms. The Morgan fingerprint density at radius 1 is 1.24 bits per heavy atom. The fourth-order valence-electron chi connectivity index (χ4n) is 2.69. The minimum absolute atomic E-state index is 0.000355. The van der Waals surface area contributed by atoms with Crippen molar-refractivity contribution in [3.63, 3.8) is 0 Å². The van der Waals surface area contributed by atoms with Crippen LogP contribution in [0.3, 0.4) is 0 Å². The number of nitrogens with zero attached hydrogens (tertiary/aromatic N) is 2. The Balaban J connectivity index is 1.68. The van der Waals surface area contributed by atoms with Crippen molar-refractivity contribution < 1.29 is 8.78 Å². The molecule has 2 aromatic rings. The third-order valence-corrected chi connectivity index (χ3v) is 4.87. The van der Waals surface area contributed by atoms with E-state index in [1.165, 1.54) is 12.8 Å². The lowest BCUT2D eigenvalue weighted by atomic mass is 10.3. The monoisotopic (exact) mass is 309 g/mol. The first kappa shape index (κ1) is 14.4. The maximum absolute atomic E-state index is 13.7. The number of rotatable bonds is 4. The van der Waals surface area contributed by atoms with Crippen LogP contribution in [-0.2, 0) is 5.75 Å². The van der Waals surface area contributed by atoms with Gasteiger partial charge in [-0.05, 0) is 31.0 Å². The van der Waals surface area contributed by atoms with Gasteiger partial charge < -0.3 is 5.73 Å². The molecule has 1 fully saturated rings. The summed E-state index contributed by atoms with van der Waals surface area (Å²) in [6.07, 6.45) is 6.78. The summed E-state index contributed by atoms with van der Waals surface area (Å²) in [6, 6.07) is 4.68. The SMILES string of the molecule is Nc1cc(F)c(SCc2ccn(C3CCCC3)n2)c(F)c1. The summed E-state index contributed by atoms with van der Waals surface area (Å²) < 4.78 is 29.4. The molecular formula is C15H17F2N3S. The summed E-state index contributed by atoms with van der Waals surface area (Å²) in [5, 5.41) is 4.51. The summed E-state index contributed by atoms with van der Waals surface area (Å²) in [5.74, 6) is -0.794. The number of hydrogen-bond acceptors (Lipinski definition) is 3. The molecule has 0 unspecified atom stereocenters. The predicted octanol–water partition coefficient (Wildman–Crippen LogP) is 4.15. The summed E-state index contributed by atoms with van der Waals surface area (Å²) >= 11 is 1.11. The molecule has 1 saturated carbocycles. The van der Waals surface area contributed by atoms with Gasteiger partial charge in [-0.2, -0.15) is 5.10 Å². The van der Waals surface area contributed by atoms with Crippen LogP contribution in [0.5, 0.6) is 0 Å². The van der Waals surface area contributed by atoms with Crippen LogP contribution in [0.25, 0.3) is 0 Å². The fraction of sp³-hybridized carbons (Fsp3) is 0.400. The highest BCUT2D eigenvalue weighted by atomic mass is 32.2. The number of thioether (sulfide) groups is 1. The molecule has 0 saturated heterocycles. The summed E-state index contributed by atoms with van der Waals surface area (Å²) in [7, 11) is 0. The van der Waals surface area contributed by atoms with Gasteiger partial charge in [-0.1, -0.05) is 12.8 Å². The van der Waals surface area contributed by atoms with Gasteiger partial charge in [0.2, 0.25) is 0 Å². The highest BCUT2D eigenvalue weighted by Gasteiger charge is 2.18. The van der Waals surface area contributed by atoms with E-state index in [1.54, 1.807) is 0 Å². The van der Waals surface area contributed by atoms with Crippen LogP contribution in [0.2, 0.25) is 0 Å². The lowest BCUT2D eigenvalue weighted by Crippen LogP contribution is -2.05. The van der Waals surface area contributed by atoms with Crippen molar-refractivity contribution in [2.45, 2.75) is 42.4 Å². The molecule has 3 nitrogen and oxygen atoms in total. The number of hydrogen-bond donors (Lipinski definition) is 1. The lowest BCUT2D eigenvalue weighted by molar-refractivity contribution is 0.464. The van der Waals surface area contributed by atoms with Crippen molar-refractivity contribution in [2.24, 2.45) is 0 Å². The highest BCUT2D eigenvalue weighted by molar-refractivity contribution is 7.98. The average Bonchev–Trinajstić information content (AvgIpc) is 3.08. The molecular weight excluding hydrogens is 292 g/mol. The fourth-order valence-corrected chi connectivity index (χ4v) is 3.53. The van der Waals surface area contributed by atoms with Gasteiger partial charge in [0.05, 0.1) is 16.6 Å². The Bertz CT molecular complexity index is 613. The number of benzene rings is 1. The number of anilines is 1. The van der Waals surface area contributed by atoms with Crippen LogP contribution in [0, 0.1) is 11.6 Å². The van der Waals surface area contributed by atoms with Gasteiger partial charge in [0, 0.05) is 17.6 Å². The Morgan fingerprint density at radius 2 is 1.90 bits per heavy atom. The maximum atomic E-state index is 13.7. The van der Waals surface area contributed by atoms with Crippen LogP contribution in [0.15, 0.2) is 29.3 Å². The van der Waals surface area contributed by atoms with Crippen molar-refractivity contribution in [3.8, 4) is 0 Å². The van der Waals surface area contributed by atoms with Crippen molar-refractivity contribution in [1.29, 1.82) is 0 Å². The van der Waals surface area contributed by atoms with Gasteiger partial charge in [0.1, 0.15) is 11.6 Å². The van der Waals surface area contributed by atoms with E-state index >= 15 is 0 Å². The van der Waals surface area contributed by atoms with E-state index in [0.717, 1.165) is 42.4 Å². The van der Waals surface area contributed by atoms with Gasteiger partial charge in [-0.3, -0.25) is 4.68 Å². The second-order valence-electron chi connectivity index (χ2n) is 5.33. The number of nitrogens with two attached hydrogens (primary N) is 1. The van der Waals surface area contributed by atoms with Gasteiger partial charge >= 0.3 is 0 Å². The van der Waals surface area contributed by atoms with Crippen LogP contribution in [0.1, 0.15) is 37.4 Å². The number of nitrogen functional groups attached to an aromatic ring is 1. The van der Waals surface area contributed by atoms with E-state index < -0.39 is 11.6 Å². The smallest absolute Gasteiger partial charge is 0.141 e. The van der Waals surface area contributed by atoms with Crippen LogP contribution in [0.4, 0.5) is 14.5 Å². The minimum atomic E-state index is -0.618. The van der Waals surface area contributed by atoms with Crippen molar-refractivity contribution in [3.05, 3.63) is 41.7 Å². The molecule has 0 spiro atoms. The summed E-state index contributed by atoms with van der Waals surface area (Å²) in [5.41, 5.74) is 6.34. The first-order valence-corrected chi connectivity index (χ1v) is 8.03. The van der Waals surface area contributed by atoms with E-state index in [9.17, 15) is 8.78 Å². The van der Waals surface area contributed by atoms with Gasteiger partial charge in [-0.25, -0.2) is 8.78 Å². The van der Waals surface area contributed by atoms with E-state index in [2.05, 4.69) is 5.10 Å². The zero-order chi connectivity index (χ0) is 14.8. The van der Waals surface area contributed by atoms with Crippen molar-refractivity contribution in [1.82, 2.24) is 9.78 Å². The van der Waals surface area contributed by atoms with Gasteiger partial charge in [0.15, 0.2) is 0 Å². The summed E-state index contributed by atoms with van der Waals surface area (Å²) in [6.45, 7) is 0. The van der Waals surface area contributed by atoms with Crippen LogP contribution < -0.4 is 5.73 Å². The number of halogens is 2. The van der Waals surface area contributed by atoms with Crippen molar-refractivity contribution in [2.75, 3.05) is 5.73 Å². The molecule has 1 heterocycles. The zero-order valence-electron chi connectivity index (χ0n) is 11.6. The second-order valence-corrected chi connectivity index (χ2v) is 6.31. The molecule has 112 valence electrons. The quantitative estimate of drug-likeness (QED) is 0.681. The van der Waals surface area contributed by atoms with Crippen LogP contribution in [-0.4, -0.2) is 9.78 Å². The van der Waals surface area contributed by atoms with E-state index in [1.807, 2.05) is 16.9 Å². The molecule has 6 heteroatoms. The topological polar surface area (TPSA) is 43.8 Å². The average molecular weight is 309 g/mol. The van der Waals surface area contributed by atoms with Crippen molar-refractivity contribution >= 4 is 17.4 Å². The molecule has 1 aliphatic rings. The molecule has 1 aromatic heterocycles. The molecule has 21 heavy (non-hydrogen) atoms. The number of aromatic nitrogens is 2. The second kappa shape index (κ2) is 6.05. The maximum Gasteiger partial charge on any atom is 0.141 e. The Kier molecular flexibility index (Phi) is 4.14. The summed E-state index contributed by atoms with van der Waals surface area (Å²) in [4.78, 5) is -0.000355. The first-order chi connectivity index (χ1) is 10.1. The molecule has 0 amide bonds. The molecule has 2 N–H and O–H groups in total. The third kappa shape index (κ3) is 3.20. The molecule has 0 atom stereocenters. The largest absolute Gasteiger partial charge is 0.399 e. The Morgan fingerprint density at radius 3 is 2.57 bits per heavy atom. The Labute approximate surface area is 126 Å². The zero-order valence-corrected chi connectivity index (χ0v) is 12.4. The normalized spacial score (nSPS) is 15.7. The van der Waals surface area contributed by atoms with Gasteiger partial charge in [-0.15, -0.1) is 11.8 Å². The highest BCUT2D eigenvalue weighted by Crippen LogP contribution is 2.31. The van der Waals surface area contributed by atoms with E-state index in [0.29, 0.717) is 11.8 Å². The van der Waals surface area contributed by atoms with Crippen LogP contribution >= 0.6 is 11.8 Å². The van der Waals surface area contributed by atoms with E-state index in [-0.39, 0.29) is 10.6 Å². The van der Waals surface area contributed by atoms with E-state index in [4.69, 9.17) is 5.73 Å². The molecule has 0 aliphatic heterocycles.